The number of aliphatic hydroxyl groups excluding tert-OH is 1. The van der Waals surface area contributed by atoms with E-state index in [1.54, 1.807) is 31.4 Å². The van der Waals surface area contributed by atoms with E-state index in [1.807, 2.05) is 48.5 Å². The number of rotatable bonds is 14. The van der Waals surface area contributed by atoms with Crippen molar-refractivity contribution in [3.05, 3.63) is 78.4 Å². The van der Waals surface area contributed by atoms with Crippen LogP contribution in [0.4, 0.5) is 0 Å². The van der Waals surface area contributed by atoms with Gasteiger partial charge < -0.3 is 4.43 Å². The van der Waals surface area contributed by atoms with E-state index >= 15 is 0 Å². The van der Waals surface area contributed by atoms with Crippen molar-refractivity contribution >= 4 is 21.8 Å². The summed E-state index contributed by atoms with van der Waals surface area (Å²) >= 11 is -3.55. The van der Waals surface area contributed by atoms with E-state index in [-0.39, 0.29) is 0 Å². The van der Waals surface area contributed by atoms with Gasteiger partial charge in [0.1, 0.15) is 0 Å². The first kappa shape index (κ1) is 31.4. The molecule has 0 spiro atoms. The Bertz CT molecular complexity index is 1290. The molecule has 1 N–H and O–H groups in total. The molecule has 0 saturated carbocycles. The third-order valence-electron chi connectivity index (χ3n) is 6.72. The van der Waals surface area contributed by atoms with Gasteiger partial charge in [-0.15, -0.1) is 0 Å². The standard InChI is InChI=1S/C19H25O2Si.C6H10N.C6H4.2Co.2O/c1-21-22(2,3)15-7-10-19(20)18-13-11-17(12-14-18)16-8-5-4-6-9-16;1-2-3-4-5-6-7;1-2-4-6-5-3-1;;;;/h5-6,8-9,11-14,19-20H,7,10,15H2,1-3H3;5H,2-4H2,1H3;1-2,5-6H;;;;. The molecule has 0 fully saturated rings. The molecule has 3 aromatic rings. The van der Waals surface area contributed by atoms with Crippen molar-refractivity contribution in [3.8, 4) is 17.2 Å². The molecule has 0 radical (unpaired) electrons. The molecule has 8 heteroatoms. The van der Waals surface area contributed by atoms with Crippen LogP contribution in [0, 0.1) is 11.3 Å². The van der Waals surface area contributed by atoms with Gasteiger partial charge in [0, 0.05) is 7.11 Å². The maximum absolute atomic E-state index is 13.2. The van der Waals surface area contributed by atoms with Crippen LogP contribution >= 0.6 is 0 Å². The van der Waals surface area contributed by atoms with Crippen molar-refractivity contribution in [1.29, 1.82) is 5.26 Å². The Morgan fingerprint density at radius 1 is 0.846 bits per heavy atom. The molecule has 39 heavy (non-hydrogen) atoms. The Labute approximate surface area is 242 Å². The zero-order chi connectivity index (χ0) is 28.4. The SMILES string of the molecule is CCCC[CH](C#N)[Co](=[O])[c]1cc[c]([Co](=[O])[c]2ccc(-c3ccc(C(O)CCC[Si](C)(C)OC)cc3)cc2)cc1. The monoisotopic (exact) mass is 635 g/mol. The number of benzene rings is 3. The van der Waals surface area contributed by atoms with Gasteiger partial charge in [-0.3, -0.25) is 0 Å². The van der Waals surface area contributed by atoms with Gasteiger partial charge >= 0.3 is 210 Å². The summed E-state index contributed by atoms with van der Waals surface area (Å²) in [5.74, 6) is 0. The number of hydrogen-bond donors (Lipinski definition) is 1. The Hall–Kier alpha value is -2.10. The van der Waals surface area contributed by atoms with Gasteiger partial charge in [0.05, 0.1) is 0 Å². The molecule has 214 valence electrons. The molecule has 0 aliphatic carbocycles. The van der Waals surface area contributed by atoms with E-state index in [1.165, 1.54) is 0 Å². The topological polar surface area (TPSA) is 87.4 Å². The van der Waals surface area contributed by atoms with Crippen LogP contribution in [-0.4, -0.2) is 20.5 Å². The first-order valence-corrected chi connectivity index (χ1v) is 19.4. The van der Waals surface area contributed by atoms with Gasteiger partial charge in [-0.1, -0.05) is 0 Å². The second-order valence-corrected chi connectivity index (χ2v) is 18.4. The maximum atomic E-state index is 13.2. The summed E-state index contributed by atoms with van der Waals surface area (Å²) in [5.41, 5.74) is 2.95. The normalized spacial score (nSPS) is 13.8. The molecule has 2 unspecified atom stereocenters. The molecular weight excluding hydrogens is 596 g/mol. The second kappa shape index (κ2) is 15.1. The average Bonchev–Trinajstić information content (AvgIpc) is 2.97. The van der Waals surface area contributed by atoms with Gasteiger partial charge in [-0.05, 0) is 13.1 Å². The van der Waals surface area contributed by atoms with Crippen molar-refractivity contribution in [1.82, 2.24) is 0 Å². The molecule has 2 atom stereocenters. The fourth-order valence-corrected chi connectivity index (χ4v) is 8.18. The number of nitrogens with zero attached hydrogens (tertiary/aromatic N) is 1. The van der Waals surface area contributed by atoms with Gasteiger partial charge in [-0.2, -0.15) is 0 Å². The summed E-state index contributed by atoms with van der Waals surface area (Å²) in [6.45, 7) is 6.43. The Morgan fingerprint density at radius 3 is 1.87 bits per heavy atom. The molecule has 3 aromatic carbocycles. The van der Waals surface area contributed by atoms with Crippen molar-refractivity contribution < 1.29 is 44.4 Å². The fourth-order valence-electron chi connectivity index (χ4n) is 4.06. The van der Waals surface area contributed by atoms with Gasteiger partial charge in [0.2, 0.25) is 0 Å². The fraction of sp³-hybridized carbons (Fsp3) is 0.387. The Balaban J connectivity index is 1.62. The zero-order valence-corrected chi connectivity index (χ0v) is 26.2. The summed E-state index contributed by atoms with van der Waals surface area (Å²) in [4.78, 5) is -0.489. The Morgan fingerprint density at radius 2 is 1.36 bits per heavy atom. The molecule has 0 aliphatic heterocycles. The third-order valence-corrected chi connectivity index (χ3v) is 13.2. The molecule has 0 heterocycles. The molecule has 0 saturated heterocycles. The third kappa shape index (κ3) is 8.95. The van der Waals surface area contributed by atoms with E-state index in [2.05, 4.69) is 26.1 Å². The second-order valence-electron chi connectivity index (χ2n) is 10.0. The summed E-state index contributed by atoms with van der Waals surface area (Å²) in [6.07, 6.45) is 3.63. The number of nitriles is 1. The van der Waals surface area contributed by atoms with E-state index in [9.17, 15) is 18.1 Å². The summed E-state index contributed by atoms with van der Waals surface area (Å²) in [6, 6.07) is 25.8. The Kier molecular flexibility index (Phi) is 12.1. The predicted molar refractivity (Wildman–Crippen MR) is 151 cm³/mol. The summed E-state index contributed by atoms with van der Waals surface area (Å²) < 4.78 is 33.6. The van der Waals surface area contributed by atoms with Crippen molar-refractivity contribution in [3.63, 3.8) is 0 Å². The van der Waals surface area contributed by atoms with Crippen LogP contribution in [0.1, 0.15) is 50.7 Å². The molecule has 0 bridgehead atoms. The number of aliphatic hydroxyl groups is 1. The summed E-state index contributed by atoms with van der Waals surface area (Å²) in [7, 11) is 0.170. The van der Waals surface area contributed by atoms with E-state index in [0.717, 1.165) is 52.9 Å². The molecule has 3 rings (SSSR count). The van der Waals surface area contributed by atoms with E-state index < -0.39 is 46.4 Å². The van der Waals surface area contributed by atoms with Crippen LogP contribution in [0.3, 0.4) is 0 Å². The van der Waals surface area contributed by atoms with E-state index in [0.29, 0.717) is 15.4 Å². The minimum atomic E-state index is -1.78. The molecule has 0 amide bonds. The number of unbranched alkanes of at least 4 members (excludes halogenated alkanes) is 1. The van der Waals surface area contributed by atoms with Gasteiger partial charge in [0.25, 0.3) is 0 Å². The van der Waals surface area contributed by atoms with Crippen LogP contribution in [0.25, 0.3) is 11.1 Å². The van der Waals surface area contributed by atoms with Crippen LogP contribution in [0.2, 0.25) is 24.0 Å². The van der Waals surface area contributed by atoms with Crippen molar-refractivity contribution in [2.75, 3.05) is 7.11 Å². The summed E-state index contributed by atoms with van der Waals surface area (Å²) in [5, 5.41) is 20.0. The molecular formula is C31H39Co2NO4Si. The molecule has 0 aliphatic rings. The first-order chi connectivity index (χ1) is 18.7. The van der Waals surface area contributed by atoms with Crippen molar-refractivity contribution in [2.45, 2.75) is 69.1 Å². The van der Waals surface area contributed by atoms with Crippen LogP contribution < -0.4 is 13.5 Å². The molecule has 5 nitrogen and oxygen atoms in total. The quantitative estimate of drug-likeness (QED) is 0.219. The molecule has 0 aromatic heterocycles. The van der Waals surface area contributed by atoms with Crippen LogP contribution in [0.15, 0.2) is 72.8 Å². The zero-order valence-electron chi connectivity index (χ0n) is 23.1. The van der Waals surface area contributed by atoms with Crippen molar-refractivity contribution in [2.24, 2.45) is 0 Å². The van der Waals surface area contributed by atoms with E-state index in [4.69, 9.17) is 4.43 Å². The van der Waals surface area contributed by atoms with Crippen LogP contribution in [0.5, 0.6) is 0 Å². The predicted octanol–water partition coefficient (Wildman–Crippen LogP) is 6.02. The first-order valence-electron chi connectivity index (χ1n) is 13.2. The van der Waals surface area contributed by atoms with Gasteiger partial charge in [-0.25, -0.2) is 0 Å². The van der Waals surface area contributed by atoms with Crippen LogP contribution in [-0.2, 0) is 39.3 Å². The van der Waals surface area contributed by atoms with Gasteiger partial charge in [0.15, 0.2) is 8.32 Å². The number of hydrogen-bond acceptors (Lipinski definition) is 5. The average molecular weight is 636 g/mol. The minimum absolute atomic E-state index is 0.487.